The fraction of sp³-hybridized carbons (Fsp3) is 0.0833. The van der Waals surface area contributed by atoms with Crippen molar-refractivity contribution in [1.82, 2.24) is 10.2 Å². The summed E-state index contributed by atoms with van der Waals surface area (Å²) >= 11 is 0. The maximum Gasteiger partial charge on any atom is 0.420 e. The van der Waals surface area contributed by atoms with Crippen molar-refractivity contribution in [3.05, 3.63) is 42.1 Å². The van der Waals surface area contributed by atoms with E-state index in [0.717, 1.165) is 0 Å². The molecule has 92 valence electrons. The molecule has 0 amide bonds. The van der Waals surface area contributed by atoms with Crippen LogP contribution in [0.5, 0.6) is 0 Å². The van der Waals surface area contributed by atoms with Gasteiger partial charge in [-0.25, -0.2) is 0 Å². The highest BCUT2D eigenvalue weighted by molar-refractivity contribution is 5.87. The average molecular weight is 252 g/mol. The van der Waals surface area contributed by atoms with Crippen LogP contribution in [0.15, 0.2) is 40.9 Å². The molecule has 0 unspecified atom stereocenters. The average Bonchev–Trinajstić information content (AvgIpc) is 2.94. The molecule has 0 saturated carbocycles. The van der Waals surface area contributed by atoms with Crippen molar-refractivity contribution in [2.75, 3.05) is 0 Å². The number of furan rings is 1. The molecule has 1 N–H and O–H groups in total. The van der Waals surface area contributed by atoms with Gasteiger partial charge in [-0.2, -0.15) is 18.3 Å². The Morgan fingerprint density at radius 2 is 1.89 bits per heavy atom. The Labute approximate surface area is 99.2 Å². The number of fused-ring (bicyclic) bond motifs is 1. The molecule has 6 heteroatoms. The summed E-state index contributed by atoms with van der Waals surface area (Å²) in [6.07, 6.45) is -3.04. The van der Waals surface area contributed by atoms with Gasteiger partial charge in [-0.05, 0) is 12.1 Å². The normalized spacial score (nSPS) is 12.2. The number of hydrogen-bond acceptors (Lipinski definition) is 2. The van der Waals surface area contributed by atoms with Crippen molar-refractivity contribution in [2.45, 2.75) is 6.18 Å². The van der Waals surface area contributed by atoms with Gasteiger partial charge in [0, 0.05) is 11.6 Å². The summed E-state index contributed by atoms with van der Waals surface area (Å²) in [5.74, 6) is -0.259. The zero-order valence-electron chi connectivity index (χ0n) is 8.95. The van der Waals surface area contributed by atoms with Crippen molar-refractivity contribution in [1.29, 1.82) is 0 Å². The maximum absolute atomic E-state index is 13.1. The van der Waals surface area contributed by atoms with Crippen LogP contribution in [0.3, 0.4) is 0 Å². The molecule has 2 heterocycles. The quantitative estimate of drug-likeness (QED) is 0.714. The van der Waals surface area contributed by atoms with E-state index in [1.807, 2.05) is 0 Å². The van der Waals surface area contributed by atoms with Gasteiger partial charge in [-0.1, -0.05) is 18.2 Å². The number of rotatable bonds is 1. The number of nitrogens with one attached hydrogen (secondary N) is 1. The van der Waals surface area contributed by atoms with E-state index in [1.54, 1.807) is 12.1 Å². The smallest absolute Gasteiger partial charge is 0.420 e. The van der Waals surface area contributed by atoms with Crippen molar-refractivity contribution in [3.8, 4) is 11.5 Å². The zero-order valence-corrected chi connectivity index (χ0v) is 8.95. The van der Waals surface area contributed by atoms with Crippen molar-refractivity contribution < 1.29 is 17.6 Å². The highest BCUT2D eigenvalue weighted by Gasteiger charge is 2.39. The second kappa shape index (κ2) is 3.63. The molecular weight excluding hydrogens is 245 g/mol. The first-order valence-corrected chi connectivity index (χ1v) is 5.16. The Morgan fingerprint density at radius 3 is 2.56 bits per heavy atom. The zero-order chi connectivity index (χ0) is 12.8. The van der Waals surface area contributed by atoms with Gasteiger partial charge >= 0.3 is 6.18 Å². The van der Waals surface area contributed by atoms with Crippen LogP contribution in [0.4, 0.5) is 13.2 Å². The summed E-state index contributed by atoms with van der Waals surface area (Å²) < 4.78 is 44.6. The van der Waals surface area contributed by atoms with E-state index in [-0.39, 0.29) is 22.4 Å². The molecule has 0 bridgehead atoms. The molecule has 0 radical (unpaired) electrons. The summed E-state index contributed by atoms with van der Waals surface area (Å²) in [6.45, 7) is 0. The van der Waals surface area contributed by atoms with Gasteiger partial charge in [-0.3, -0.25) is 5.10 Å². The number of hydrogen-bond donors (Lipinski definition) is 1. The fourth-order valence-corrected chi connectivity index (χ4v) is 1.89. The molecular formula is C12H7F3N2O. The molecule has 0 aliphatic carbocycles. The SMILES string of the molecule is FC(F)(F)c1c(-c2cc[nH]n2)oc2ccccc12. The maximum atomic E-state index is 13.1. The van der Waals surface area contributed by atoms with Gasteiger partial charge < -0.3 is 4.42 Å². The first kappa shape index (κ1) is 10.9. The molecule has 0 aliphatic rings. The number of halogens is 3. The highest BCUT2D eigenvalue weighted by atomic mass is 19.4. The second-order valence-corrected chi connectivity index (χ2v) is 3.76. The summed E-state index contributed by atoms with van der Waals surface area (Å²) in [5, 5.41) is 6.26. The predicted octanol–water partition coefficient (Wildman–Crippen LogP) is 3.84. The van der Waals surface area contributed by atoms with E-state index in [0.29, 0.717) is 0 Å². The van der Waals surface area contributed by atoms with E-state index in [9.17, 15) is 13.2 Å². The standard InChI is InChI=1S/C12H7F3N2O/c13-12(14,15)10-7-3-1-2-4-9(7)18-11(10)8-5-6-16-17-8/h1-6H,(H,16,17). The van der Waals surface area contributed by atoms with E-state index in [1.165, 1.54) is 24.4 Å². The van der Waals surface area contributed by atoms with Crippen LogP contribution in [0.1, 0.15) is 5.56 Å². The van der Waals surface area contributed by atoms with Crippen LogP contribution in [0, 0.1) is 0 Å². The number of alkyl halides is 3. The monoisotopic (exact) mass is 252 g/mol. The predicted molar refractivity (Wildman–Crippen MR) is 58.8 cm³/mol. The lowest BCUT2D eigenvalue weighted by molar-refractivity contribution is -0.136. The fourth-order valence-electron chi connectivity index (χ4n) is 1.89. The largest absolute Gasteiger partial charge is 0.454 e. The number of para-hydroxylation sites is 1. The van der Waals surface area contributed by atoms with E-state index >= 15 is 0 Å². The first-order valence-electron chi connectivity index (χ1n) is 5.16. The lowest BCUT2D eigenvalue weighted by Gasteiger charge is -2.05. The number of aromatic amines is 1. The van der Waals surface area contributed by atoms with Crippen LogP contribution in [-0.2, 0) is 6.18 Å². The number of aromatic nitrogens is 2. The minimum Gasteiger partial charge on any atom is -0.454 e. The summed E-state index contributed by atoms with van der Waals surface area (Å²) in [4.78, 5) is 0. The lowest BCUT2D eigenvalue weighted by atomic mass is 10.1. The second-order valence-electron chi connectivity index (χ2n) is 3.76. The molecule has 3 aromatic rings. The van der Waals surface area contributed by atoms with E-state index in [2.05, 4.69) is 10.2 Å². The van der Waals surface area contributed by atoms with Gasteiger partial charge in [0.2, 0.25) is 0 Å². The molecule has 0 aliphatic heterocycles. The third kappa shape index (κ3) is 1.57. The highest BCUT2D eigenvalue weighted by Crippen LogP contribution is 2.43. The molecule has 18 heavy (non-hydrogen) atoms. The Morgan fingerprint density at radius 1 is 1.11 bits per heavy atom. The van der Waals surface area contributed by atoms with Crippen LogP contribution in [0.2, 0.25) is 0 Å². The van der Waals surface area contributed by atoms with Crippen molar-refractivity contribution in [3.63, 3.8) is 0 Å². The van der Waals surface area contributed by atoms with Crippen molar-refractivity contribution in [2.24, 2.45) is 0 Å². The van der Waals surface area contributed by atoms with Gasteiger partial charge in [-0.15, -0.1) is 0 Å². The number of benzene rings is 1. The molecule has 1 aromatic carbocycles. The lowest BCUT2D eigenvalue weighted by Crippen LogP contribution is -2.05. The van der Waals surface area contributed by atoms with Gasteiger partial charge in [0.25, 0.3) is 0 Å². The Balaban J connectivity index is 2.38. The molecule has 2 aromatic heterocycles. The summed E-state index contributed by atoms with van der Waals surface area (Å²) in [6, 6.07) is 7.49. The Bertz CT molecular complexity index is 683. The molecule has 0 fully saturated rings. The molecule has 0 spiro atoms. The summed E-state index contributed by atoms with van der Waals surface area (Å²) in [7, 11) is 0. The minimum atomic E-state index is -4.49. The minimum absolute atomic E-state index is 0.0444. The molecule has 3 nitrogen and oxygen atoms in total. The first-order chi connectivity index (χ1) is 8.57. The van der Waals surface area contributed by atoms with E-state index in [4.69, 9.17) is 4.42 Å². The van der Waals surface area contributed by atoms with Crippen molar-refractivity contribution >= 4 is 11.0 Å². The Kier molecular flexibility index (Phi) is 2.19. The van der Waals surface area contributed by atoms with Crippen LogP contribution in [-0.4, -0.2) is 10.2 Å². The summed E-state index contributed by atoms with van der Waals surface area (Å²) in [5.41, 5.74) is -0.452. The van der Waals surface area contributed by atoms with Gasteiger partial charge in [0.15, 0.2) is 5.76 Å². The van der Waals surface area contributed by atoms with Crippen LogP contribution >= 0.6 is 0 Å². The third-order valence-electron chi connectivity index (χ3n) is 2.61. The van der Waals surface area contributed by atoms with Crippen LogP contribution in [0.25, 0.3) is 22.4 Å². The van der Waals surface area contributed by atoms with Crippen LogP contribution < -0.4 is 0 Å². The van der Waals surface area contributed by atoms with E-state index < -0.39 is 11.7 Å². The molecule has 0 saturated heterocycles. The third-order valence-corrected chi connectivity index (χ3v) is 2.61. The molecule has 0 atom stereocenters. The van der Waals surface area contributed by atoms with Gasteiger partial charge in [0.1, 0.15) is 16.8 Å². The van der Waals surface area contributed by atoms with Gasteiger partial charge in [0.05, 0.1) is 0 Å². The number of H-pyrrole nitrogens is 1. The number of nitrogens with zero attached hydrogens (tertiary/aromatic N) is 1. The Hall–Kier alpha value is -2.24. The topological polar surface area (TPSA) is 41.8 Å². The molecule has 3 rings (SSSR count).